The molecule has 3 N–H and O–H groups in total. The highest BCUT2D eigenvalue weighted by Crippen LogP contribution is 2.40. The molecule has 0 bridgehead atoms. The zero-order chi connectivity index (χ0) is 23.8. The number of rotatable bonds is 6. The van der Waals surface area contributed by atoms with Crippen molar-refractivity contribution in [3.05, 3.63) is 58.5 Å². The van der Waals surface area contributed by atoms with Gasteiger partial charge in [-0.05, 0) is 75.0 Å². The lowest BCUT2D eigenvalue weighted by Crippen LogP contribution is -2.42. The molecule has 6 nitrogen and oxygen atoms in total. The van der Waals surface area contributed by atoms with Gasteiger partial charge >= 0.3 is 0 Å². The summed E-state index contributed by atoms with van der Waals surface area (Å²) in [6, 6.07) is 8.61. The third kappa shape index (κ3) is 5.65. The Labute approximate surface area is 224 Å². The SMILES string of the molecule is Cc1ccc2c(c1O)C[C@@H](C1CCN(CCC(C)c3noc4cc(F)ccc34)CC1)O[C@H]2CN.Cl.Cl. The molecular weight excluding hydrogens is 504 g/mol. The number of phenolic OH excluding ortho intramolecular Hbond substituents is 1. The molecule has 0 radical (unpaired) electrons. The molecule has 0 aliphatic carbocycles. The Morgan fingerprint density at radius 3 is 2.67 bits per heavy atom. The zero-order valence-electron chi connectivity index (χ0n) is 20.8. The number of aromatic hydroxyl groups is 1. The largest absolute Gasteiger partial charge is 0.507 e. The lowest BCUT2D eigenvalue weighted by atomic mass is 9.83. The van der Waals surface area contributed by atoms with Crippen molar-refractivity contribution in [2.75, 3.05) is 26.2 Å². The number of phenols is 1. The molecule has 0 spiro atoms. The molecule has 2 aromatic carbocycles. The number of nitrogens with zero attached hydrogens (tertiary/aromatic N) is 2. The number of likely N-dealkylation sites (tertiary alicyclic amines) is 1. The van der Waals surface area contributed by atoms with E-state index in [9.17, 15) is 9.50 Å². The Kier molecular flexibility index (Phi) is 9.63. The van der Waals surface area contributed by atoms with Crippen LogP contribution in [0.25, 0.3) is 11.0 Å². The highest BCUT2D eigenvalue weighted by Gasteiger charge is 2.35. The third-order valence-corrected chi connectivity index (χ3v) is 7.79. The average molecular weight is 541 g/mol. The molecule has 3 heterocycles. The van der Waals surface area contributed by atoms with E-state index in [0.717, 1.165) is 73.1 Å². The van der Waals surface area contributed by atoms with E-state index in [1.54, 1.807) is 6.07 Å². The smallest absolute Gasteiger partial charge is 0.170 e. The minimum atomic E-state index is -0.306. The van der Waals surface area contributed by atoms with E-state index in [1.165, 1.54) is 12.1 Å². The summed E-state index contributed by atoms with van der Waals surface area (Å²) in [6.07, 6.45) is 3.82. The summed E-state index contributed by atoms with van der Waals surface area (Å²) in [6.45, 7) is 7.57. The van der Waals surface area contributed by atoms with Crippen LogP contribution in [0.15, 0.2) is 34.9 Å². The Bertz CT molecular complexity index is 1170. The maximum atomic E-state index is 13.4. The summed E-state index contributed by atoms with van der Waals surface area (Å²) in [5.41, 5.74) is 10.4. The summed E-state index contributed by atoms with van der Waals surface area (Å²) < 4.78 is 25.2. The van der Waals surface area contributed by atoms with Crippen LogP contribution < -0.4 is 5.73 Å². The number of aromatic nitrogens is 1. The van der Waals surface area contributed by atoms with E-state index in [1.807, 2.05) is 13.0 Å². The number of aryl methyl sites for hydroxylation is 1. The summed E-state index contributed by atoms with van der Waals surface area (Å²) in [5, 5.41) is 15.8. The molecule has 3 atom stereocenters. The number of nitrogens with two attached hydrogens (primary N) is 1. The monoisotopic (exact) mass is 539 g/mol. The summed E-state index contributed by atoms with van der Waals surface area (Å²) in [7, 11) is 0. The predicted molar refractivity (Wildman–Crippen MR) is 144 cm³/mol. The van der Waals surface area contributed by atoms with Crippen LogP contribution in [-0.4, -0.2) is 47.4 Å². The first kappa shape index (κ1) is 28.7. The average Bonchev–Trinajstić information content (AvgIpc) is 3.27. The molecule has 1 aromatic heterocycles. The third-order valence-electron chi connectivity index (χ3n) is 7.79. The fraction of sp³-hybridized carbons (Fsp3) is 0.519. The Morgan fingerprint density at radius 2 is 1.94 bits per heavy atom. The van der Waals surface area contributed by atoms with Crippen LogP contribution in [0.3, 0.4) is 0 Å². The van der Waals surface area contributed by atoms with Gasteiger partial charge in [0.05, 0.1) is 17.9 Å². The molecule has 198 valence electrons. The zero-order valence-corrected chi connectivity index (χ0v) is 22.4. The van der Waals surface area contributed by atoms with E-state index in [4.69, 9.17) is 15.0 Å². The minimum Gasteiger partial charge on any atom is -0.507 e. The topological polar surface area (TPSA) is 84.8 Å². The van der Waals surface area contributed by atoms with Gasteiger partial charge in [-0.3, -0.25) is 0 Å². The number of benzene rings is 2. The van der Waals surface area contributed by atoms with Crippen LogP contribution >= 0.6 is 24.8 Å². The van der Waals surface area contributed by atoms with Gasteiger partial charge in [0, 0.05) is 35.9 Å². The minimum absolute atomic E-state index is 0. The van der Waals surface area contributed by atoms with Gasteiger partial charge in [-0.25, -0.2) is 4.39 Å². The van der Waals surface area contributed by atoms with E-state index < -0.39 is 0 Å². The first-order valence-corrected chi connectivity index (χ1v) is 12.4. The van der Waals surface area contributed by atoms with Crippen molar-refractivity contribution in [2.24, 2.45) is 11.7 Å². The molecule has 36 heavy (non-hydrogen) atoms. The van der Waals surface area contributed by atoms with Gasteiger partial charge in [0.15, 0.2) is 5.58 Å². The molecule has 0 amide bonds. The fourth-order valence-corrected chi connectivity index (χ4v) is 5.63. The molecule has 9 heteroatoms. The molecule has 2 aliphatic heterocycles. The van der Waals surface area contributed by atoms with E-state index >= 15 is 0 Å². The number of fused-ring (bicyclic) bond motifs is 2. The second kappa shape index (κ2) is 12.1. The first-order valence-electron chi connectivity index (χ1n) is 12.4. The number of halogens is 3. The van der Waals surface area contributed by atoms with Crippen LogP contribution in [0.5, 0.6) is 5.75 Å². The predicted octanol–water partition coefficient (Wildman–Crippen LogP) is 5.67. The molecule has 5 rings (SSSR count). The van der Waals surface area contributed by atoms with Crippen LogP contribution in [0.2, 0.25) is 0 Å². The van der Waals surface area contributed by atoms with Gasteiger partial charge < -0.3 is 25.0 Å². The molecule has 3 aromatic rings. The highest BCUT2D eigenvalue weighted by molar-refractivity contribution is 5.85. The van der Waals surface area contributed by atoms with Crippen molar-refractivity contribution in [1.82, 2.24) is 10.1 Å². The highest BCUT2D eigenvalue weighted by atomic mass is 35.5. The number of ether oxygens (including phenoxy) is 1. The lowest BCUT2D eigenvalue weighted by molar-refractivity contribution is -0.0647. The summed E-state index contributed by atoms with van der Waals surface area (Å²) >= 11 is 0. The van der Waals surface area contributed by atoms with Gasteiger partial charge in [-0.2, -0.15) is 0 Å². The Morgan fingerprint density at radius 1 is 1.19 bits per heavy atom. The van der Waals surface area contributed by atoms with Crippen molar-refractivity contribution < 1.29 is 18.8 Å². The van der Waals surface area contributed by atoms with Crippen molar-refractivity contribution in [3.63, 3.8) is 0 Å². The summed E-state index contributed by atoms with van der Waals surface area (Å²) in [5.74, 6) is 0.794. The second-order valence-electron chi connectivity index (χ2n) is 9.98. The first-order chi connectivity index (χ1) is 16.4. The quantitative estimate of drug-likeness (QED) is 0.419. The number of hydrogen-bond acceptors (Lipinski definition) is 6. The van der Waals surface area contributed by atoms with Gasteiger partial charge in [0.1, 0.15) is 11.6 Å². The van der Waals surface area contributed by atoms with E-state index in [2.05, 4.69) is 23.0 Å². The second-order valence-corrected chi connectivity index (χ2v) is 9.98. The van der Waals surface area contributed by atoms with Crippen molar-refractivity contribution in [3.8, 4) is 5.75 Å². The standard InChI is InChI=1S/C27H34FN3O3.2ClH/c1-16(26-21-6-4-19(28)13-24(21)34-30-26)7-10-31-11-8-18(9-12-31)23-14-22-20(25(15-29)33-23)5-3-17(2)27(22)32;;/h3-6,13,16,18,23,25,32H,7-12,14-15,29H2,1-2H3;2*1H/t16?,23-,25-;;/m0../s1. The molecule has 1 saturated heterocycles. The van der Waals surface area contributed by atoms with Gasteiger partial charge in [-0.1, -0.05) is 24.2 Å². The van der Waals surface area contributed by atoms with Crippen LogP contribution in [0.4, 0.5) is 4.39 Å². The van der Waals surface area contributed by atoms with Crippen molar-refractivity contribution in [1.29, 1.82) is 0 Å². The van der Waals surface area contributed by atoms with Crippen LogP contribution in [0, 0.1) is 18.7 Å². The van der Waals surface area contributed by atoms with Crippen molar-refractivity contribution >= 4 is 35.8 Å². The Hall–Kier alpha value is -1.90. The maximum Gasteiger partial charge on any atom is 0.170 e. The normalized spacial score (nSPS) is 21.4. The number of piperidine rings is 1. The maximum absolute atomic E-state index is 13.4. The van der Waals surface area contributed by atoms with E-state index in [0.29, 0.717) is 23.8 Å². The fourth-order valence-electron chi connectivity index (χ4n) is 5.63. The van der Waals surface area contributed by atoms with Crippen LogP contribution in [-0.2, 0) is 11.2 Å². The Balaban J connectivity index is 0.00000180. The molecule has 1 unspecified atom stereocenters. The molecule has 2 aliphatic rings. The van der Waals surface area contributed by atoms with E-state index in [-0.39, 0.29) is 48.8 Å². The van der Waals surface area contributed by atoms with Crippen LogP contribution in [0.1, 0.15) is 60.6 Å². The lowest BCUT2D eigenvalue weighted by Gasteiger charge is -2.40. The van der Waals surface area contributed by atoms with Gasteiger partial charge in [0.2, 0.25) is 0 Å². The van der Waals surface area contributed by atoms with Gasteiger partial charge in [-0.15, -0.1) is 24.8 Å². The molecular formula is C27H36Cl2FN3O3. The summed E-state index contributed by atoms with van der Waals surface area (Å²) in [4.78, 5) is 2.51. The van der Waals surface area contributed by atoms with Gasteiger partial charge in [0.25, 0.3) is 0 Å². The molecule has 0 saturated carbocycles. The molecule has 1 fully saturated rings. The van der Waals surface area contributed by atoms with Crippen molar-refractivity contribution in [2.45, 2.75) is 57.7 Å². The number of hydrogen-bond donors (Lipinski definition) is 2.